The van der Waals surface area contributed by atoms with Crippen LogP contribution in [0.25, 0.3) is 10.2 Å². The number of rotatable bonds is 3. The summed E-state index contributed by atoms with van der Waals surface area (Å²) < 4.78 is 2.96. The molecule has 0 bridgehead atoms. The van der Waals surface area contributed by atoms with Crippen LogP contribution in [0.2, 0.25) is 0 Å². The van der Waals surface area contributed by atoms with Crippen molar-refractivity contribution >= 4 is 39.7 Å². The third kappa shape index (κ3) is 3.31. The summed E-state index contributed by atoms with van der Waals surface area (Å²) in [6.07, 6.45) is 6.15. The summed E-state index contributed by atoms with van der Waals surface area (Å²) in [4.78, 5) is 30.4. The second-order valence-corrected chi connectivity index (χ2v) is 8.56. The van der Waals surface area contributed by atoms with E-state index in [-0.39, 0.29) is 11.5 Å². The highest BCUT2D eigenvalue weighted by Crippen LogP contribution is 2.31. The van der Waals surface area contributed by atoms with Crippen molar-refractivity contribution in [2.75, 3.05) is 13.1 Å². The van der Waals surface area contributed by atoms with E-state index in [1.165, 1.54) is 11.3 Å². The number of hydrogen-bond donors (Lipinski definition) is 1. The molecule has 0 spiro atoms. The van der Waals surface area contributed by atoms with E-state index in [2.05, 4.69) is 4.98 Å². The Morgan fingerprint density at radius 3 is 2.68 bits per heavy atom. The zero-order valence-electron chi connectivity index (χ0n) is 14.2. The number of amides is 1. The van der Waals surface area contributed by atoms with Gasteiger partial charge >= 0.3 is 0 Å². The Balaban J connectivity index is 1.43. The predicted octanol–water partition coefficient (Wildman–Crippen LogP) is 3.55. The number of carbonyl (C=O) groups excluding carboxylic acids is 1. The van der Waals surface area contributed by atoms with Crippen molar-refractivity contribution in [3.05, 3.63) is 26.6 Å². The molecule has 2 aliphatic rings. The second-order valence-electron chi connectivity index (χ2n) is 7.26. The topological polar surface area (TPSA) is 58.1 Å². The molecule has 1 N–H and O–H groups in total. The van der Waals surface area contributed by atoms with E-state index >= 15 is 0 Å². The Bertz CT molecular complexity index is 884. The molecule has 0 aromatic carbocycles. The molecule has 1 aliphatic carbocycles. The summed E-state index contributed by atoms with van der Waals surface area (Å²) in [6, 6.07) is 1.90. The molecule has 0 unspecified atom stereocenters. The zero-order chi connectivity index (χ0) is 17.4. The molecule has 3 heterocycles. The number of thiophene rings is 1. The molecule has 1 saturated heterocycles. The number of fused-ring (bicyclic) bond motifs is 1. The van der Waals surface area contributed by atoms with Gasteiger partial charge in [-0.15, -0.1) is 11.3 Å². The fourth-order valence-corrected chi connectivity index (χ4v) is 5.25. The molecule has 1 saturated carbocycles. The maximum Gasteiger partial charge on any atom is 0.272 e. The van der Waals surface area contributed by atoms with Gasteiger partial charge < -0.3 is 9.88 Å². The van der Waals surface area contributed by atoms with Gasteiger partial charge in [-0.25, -0.2) is 0 Å². The van der Waals surface area contributed by atoms with Gasteiger partial charge in [0, 0.05) is 25.6 Å². The third-order valence-electron chi connectivity index (χ3n) is 5.65. The van der Waals surface area contributed by atoms with Gasteiger partial charge in [-0.2, -0.15) is 0 Å². The van der Waals surface area contributed by atoms with E-state index in [4.69, 9.17) is 12.2 Å². The number of nitrogens with one attached hydrogen (secondary N) is 1. The first-order chi connectivity index (χ1) is 12.1. The van der Waals surface area contributed by atoms with Crippen LogP contribution in [0.15, 0.2) is 16.2 Å². The van der Waals surface area contributed by atoms with E-state index in [1.54, 1.807) is 4.57 Å². The van der Waals surface area contributed by atoms with Crippen LogP contribution in [-0.2, 0) is 11.3 Å². The smallest absolute Gasteiger partial charge is 0.272 e. The number of hydrogen-bond acceptors (Lipinski definition) is 4. The summed E-state index contributed by atoms with van der Waals surface area (Å²) in [6.45, 7) is 2.53. The highest BCUT2D eigenvalue weighted by molar-refractivity contribution is 7.71. The first-order valence-electron chi connectivity index (χ1n) is 9.12. The first-order valence-corrected chi connectivity index (χ1v) is 10.4. The summed E-state index contributed by atoms with van der Waals surface area (Å²) in [5, 5.41) is 1.91. The molecule has 134 valence electrons. The van der Waals surface area contributed by atoms with Crippen LogP contribution in [0.5, 0.6) is 0 Å². The van der Waals surface area contributed by atoms with Crippen molar-refractivity contribution in [2.45, 2.75) is 45.1 Å². The summed E-state index contributed by atoms with van der Waals surface area (Å²) in [7, 11) is 0. The lowest BCUT2D eigenvalue weighted by Crippen LogP contribution is -2.36. The van der Waals surface area contributed by atoms with Gasteiger partial charge in [-0.05, 0) is 68.1 Å². The van der Waals surface area contributed by atoms with E-state index < -0.39 is 0 Å². The highest BCUT2D eigenvalue weighted by Gasteiger charge is 2.30. The number of aromatic nitrogens is 2. The van der Waals surface area contributed by atoms with Crippen molar-refractivity contribution in [1.82, 2.24) is 14.5 Å². The minimum atomic E-state index is 0.0176. The molecule has 2 aromatic rings. The minimum Gasteiger partial charge on any atom is -0.342 e. The molecule has 4 rings (SSSR count). The third-order valence-corrected chi connectivity index (χ3v) is 6.87. The number of likely N-dealkylation sites (tertiary alicyclic amines) is 1. The highest BCUT2D eigenvalue weighted by atomic mass is 32.1. The molecule has 5 nitrogen and oxygen atoms in total. The number of nitrogens with zero attached hydrogens (tertiary/aromatic N) is 2. The lowest BCUT2D eigenvalue weighted by atomic mass is 9.81. The summed E-state index contributed by atoms with van der Waals surface area (Å²) in [5.41, 5.74) is 0.847. The van der Waals surface area contributed by atoms with Gasteiger partial charge in [0.2, 0.25) is 5.91 Å². The average molecular weight is 378 g/mol. The fourth-order valence-electron chi connectivity index (χ4n) is 4.18. The molecule has 1 aliphatic heterocycles. The number of H-pyrrole nitrogens is 1. The molecular formula is C18H23N3O2S2. The zero-order valence-corrected chi connectivity index (χ0v) is 15.8. The Morgan fingerprint density at radius 1 is 1.24 bits per heavy atom. The first kappa shape index (κ1) is 17.0. The molecule has 2 fully saturated rings. The largest absolute Gasteiger partial charge is 0.342 e. The van der Waals surface area contributed by atoms with Gasteiger partial charge in [-0.3, -0.25) is 14.2 Å². The Labute approximate surface area is 155 Å². The normalized spacial score (nSPS) is 24.1. The van der Waals surface area contributed by atoms with Gasteiger partial charge in [0.05, 0.1) is 5.52 Å². The Morgan fingerprint density at radius 2 is 1.96 bits per heavy atom. The maximum atomic E-state index is 12.7. The van der Waals surface area contributed by atoms with E-state index in [0.29, 0.717) is 23.1 Å². The van der Waals surface area contributed by atoms with Gasteiger partial charge in [0.15, 0.2) is 4.77 Å². The molecule has 1 amide bonds. The van der Waals surface area contributed by atoms with Crippen LogP contribution in [0.1, 0.15) is 38.5 Å². The number of carbonyl (C=O) groups is 1. The average Bonchev–Trinajstić information content (AvgIpc) is 3.30. The molecular weight excluding hydrogens is 354 g/mol. The summed E-state index contributed by atoms with van der Waals surface area (Å²) >= 11 is 6.85. The van der Waals surface area contributed by atoms with Crippen LogP contribution in [0.4, 0.5) is 0 Å². The fraction of sp³-hybridized carbons (Fsp3) is 0.611. The van der Waals surface area contributed by atoms with Crippen molar-refractivity contribution in [3.8, 4) is 0 Å². The van der Waals surface area contributed by atoms with Crippen LogP contribution in [-0.4, -0.2) is 33.4 Å². The van der Waals surface area contributed by atoms with Crippen LogP contribution in [0.3, 0.4) is 0 Å². The Kier molecular flexibility index (Phi) is 4.78. The van der Waals surface area contributed by atoms with Gasteiger partial charge in [-0.1, -0.05) is 0 Å². The quantitative estimate of drug-likeness (QED) is 0.832. The lowest BCUT2D eigenvalue weighted by molar-refractivity contribution is -0.135. The lowest BCUT2D eigenvalue weighted by Gasteiger charge is -2.30. The van der Waals surface area contributed by atoms with E-state index in [0.717, 1.165) is 61.8 Å². The van der Waals surface area contributed by atoms with Crippen LogP contribution in [0, 0.1) is 16.6 Å². The second kappa shape index (κ2) is 7.03. The van der Waals surface area contributed by atoms with Gasteiger partial charge in [0.1, 0.15) is 4.70 Å². The number of aromatic amines is 1. The van der Waals surface area contributed by atoms with Crippen molar-refractivity contribution in [2.24, 2.45) is 11.8 Å². The van der Waals surface area contributed by atoms with Crippen molar-refractivity contribution in [1.29, 1.82) is 0 Å². The molecule has 25 heavy (non-hydrogen) atoms. The van der Waals surface area contributed by atoms with Gasteiger partial charge in [0.25, 0.3) is 5.56 Å². The summed E-state index contributed by atoms with van der Waals surface area (Å²) in [5.74, 6) is 0.957. The van der Waals surface area contributed by atoms with E-state index in [1.807, 2.05) is 16.3 Å². The molecule has 0 radical (unpaired) electrons. The van der Waals surface area contributed by atoms with E-state index in [9.17, 15) is 9.59 Å². The maximum absolute atomic E-state index is 12.7. The van der Waals surface area contributed by atoms with Crippen molar-refractivity contribution in [3.63, 3.8) is 0 Å². The predicted molar refractivity (Wildman–Crippen MR) is 103 cm³/mol. The SMILES string of the molecule is O=C(C1CCC(Cn2c(=S)[nH]c3ccsc3c2=O)CC1)N1CCCC1. The Hall–Kier alpha value is -1.47. The molecule has 0 atom stereocenters. The van der Waals surface area contributed by atoms with Crippen LogP contribution >= 0.6 is 23.6 Å². The van der Waals surface area contributed by atoms with Crippen molar-refractivity contribution < 1.29 is 4.79 Å². The standard InChI is InChI=1S/C18H23N3O2S2/c22-16(20-8-1-2-9-20)13-5-3-12(4-6-13)11-21-17(23)15-14(7-10-25-15)19-18(21)24/h7,10,12-13H,1-6,8-9,11H2,(H,19,24). The van der Waals surface area contributed by atoms with Crippen LogP contribution < -0.4 is 5.56 Å². The minimum absolute atomic E-state index is 0.0176. The monoisotopic (exact) mass is 377 g/mol. The molecule has 2 aromatic heterocycles. The molecule has 7 heteroatoms.